The first kappa shape index (κ1) is 15.1. The molecule has 0 amide bonds. The Hall–Kier alpha value is -2.47. The Kier molecular flexibility index (Phi) is 4.13. The highest BCUT2D eigenvalue weighted by atomic mass is 19.1. The van der Waals surface area contributed by atoms with Crippen LogP contribution in [0.4, 0.5) is 10.3 Å². The predicted molar refractivity (Wildman–Crippen MR) is 93.0 cm³/mol. The van der Waals surface area contributed by atoms with Crippen molar-refractivity contribution in [3.8, 4) is 5.82 Å². The van der Waals surface area contributed by atoms with Crippen molar-refractivity contribution in [2.75, 3.05) is 31.5 Å². The van der Waals surface area contributed by atoms with Gasteiger partial charge in [-0.2, -0.15) is 4.98 Å². The molecule has 0 spiro atoms. The lowest BCUT2D eigenvalue weighted by Crippen LogP contribution is -2.26. The van der Waals surface area contributed by atoms with Crippen LogP contribution in [0.3, 0.4) is 0 Å². The Bertz CT molecular complexity index is 838. The Labute approximate surface area is 140 Å². The molecule has 1 aromatic carbocycles. The van der Waals surface area contributed by atoms with Gasteiger partial charge in [-0.1, -0.05) is 0 Å². The summed E-state index contributed by atoms with van der Waals surface area (Å²) in [4.78, 5) is 11.3. The Balaban J connectivity index is 1.51. The fourth-order valence-electron chi connectivity index (χ4n) is 3.21. The van der Waals surface area contributed by atoms with Crippen LogP contribution in [0.25, 0.3) is 16.7 Å². The fourth-order valence-corrected chi connectivity index (χ4v) is 3.21. The summed E-state index contributed by atoms with van der Waals surface area (Å²) >= 11 is 0. The average Bonchev–Trinajstić information content (AvgIpc) is 3.24. The second-order valence-corrected chi connectivity index (χ2v) is 6.10. The number of hydrogen-bond donors (Lipinski definition) is 1. The van der Waals surface area contributed by atoms with E-state index >= 15 is 0 Å². The molecule has 2 aromatic heterocycles. The normalized spacial score (nSPS) is 15.2. The van der Waals surface area contributed by atoms with Crippen LogP contribution in [0.15, 0.2) is 42.7 Å². The second-order valence-electron chi connectivity index (χ2n) is 6.10. The molecule has 4 rings (SSSR count). The van der Waals surface area contributed by atoms with Gasteiger partial charge in [-0.05, 0) is 56.3 Å². The molecule has 1 aliphatic heterocycles. The van der Waals surface area contributed by atoms with Crippen molar-refractivity contribution < 1.29 is 4.39 Å². The number of nitrogens with one attached hydrogen (secondary N) is 1. The minimum absolute atomic E-state index is 0.229. The first-order valence-electron chi connectivity index (χ1n) is 8.36. The van der Waals surface area contributed by atoms with Gasteiger partial charge in [0, 0.05) is 30.9 Å². The lowest BCUT2D eigenvalue weighted by Gasteiger charge is -2.14. The zero-order chi connectivity index (χ0) is 16.4. The SMILES string of the molecule is Fc1ccc2c(ccn2-c2ccnc(NCCN3CCCC3)n2)c1. The highest BCUT2D eigenvalue weighted by molar-refractivity contribution is 5.81. The van der Waals surface area contributed by atoms with Gasteiger partial charge >= 0.3 is 0 Å². The molecule has 0 radical (unpaired) electrons. The van der Waals surface area contributed by atoms with E-state index in [0.717, 1.165) is 29.8 Å². The lowest BCUT2D eigenvalue weighted by atomic mass is 10.2. The predicted octanol–water partition coefficient (Wildman–Crippen LogP) is 3.07. The van der Waals surface area contributed by atoms with E-state index in [2.05, 4.69) is 20.2 Å². The molecule has 0 saturated carbocycles. The second kappa shape index (κ2) is 6.57. The van der Waals surface area contributed by atoms with E-state index in [0.29, 0.717) is 5.95 Å². The smallest absolute Gasteiger partial charge is 0.224 e. The molecule has 24 heavy (non-hydrogen) atoms. The number of halogens is 1. The zero-order valence-corrected chi connectivity index (χ0v) is 13.5. The number of nitrogens with zero attached hydrogens (tertiary/aromatic N) is 4. The summed E-state index contributed by atoms with van der Waals surface area (Å²) in [6.45, 7) is 4.23. The molecule has 124 valence electrons. The average molecular weight is 325 g/mol. The summed E-state index contributed by atoms with van der Waals surface area (Å²) in [7, 11) is 0. The number of fused-ring (bicyclic) bond motifs is 1. The third kappa shape index (κ3) is 3.10. The van der Waals surface area contributed by atoms with Crippen LogP contribution in [0.5, 0.6) is 0 Å². The van der Waals surface area contributed by atoms with Gasteiger partial charge < -0.3 is 14.8 Å². The zero-order valence-electron chi connectivity index (χ0n) is 13.5. The topological polar surface area (TPSA) is 46.0 Å². The van der Waals surface area contributed by atoms with Crippen LogP contribution in [-0.2, 0) is 0 Å². The number of likely N-dealkylation sites (tertiary alicyclic amines) is 1. The Morgan fingerprint density at radius 1 is 1.12 bits per heavy atom. The molecule has 6 heteroatoms. The van der Waals surface area contributed by atoms with Crippen LogP contribution in [0.1, 0.15) is 12.8 Å². The van der Waals surface area contributed by atoms with E-state index in [1.54, 1.807) is 12.3 Å². The largest absolute Gasteiger partial charge is 0.353 e. The van der Waals surface area contributed by atoms with Crippen LogP contribution in [0, 0.1) is 5.82 Å². The van der Waals surface area contributed by atoms with E-state index in [4.69, 9.17) is 0 Å². The van der Waals surface area contributed by atoms with Gasteiger partial charge in [-0.15, -0.1) is 0 Å². The molecule has 1 aliphatic rings. The molecule has 1 N–H and O–H groups in total. The molecule has 1 saturated heterocycles. The first-order chi connectivity index (χ1) is 11.8. The number of benzene rings is 1. The summed E-state index contributed by atoms with van der Waals surface area (Å²) in [5.74, 6) is 1.16. The van der Waals surface area contributed by atoms with E-state index < -0.39 is 0 Å². The summed E-state index contributed by atoms with van der Waals surface area (Å²) in [5.41, 5.74) is 0.929. The fraction of sp³-hybridized carbons (Fsp3) is 0.333. The lowest BCUT2D eigenvalue weighted by molar-refractivity contribution is 0.352. The molecule has 0 unspecified atom stereocenters. The van der Waals surface area contributed by atoms with Crippen LogP contribution in [-0.4, -0.2) is 45.6 Å². The van der Waals surface area contributed by atoms with Crippen LogP contribution < -0.4 is 5.32 Å². The molecule has 3 aromatic rings. The number of hydrogen-bond acceptors (Lipinski definition) is 4. The molecule has 1 fully saturated rings. The molecule has 3 heterocycles. The van der Waals surface area contributed by atoms with Gasteiger partial charge in [0.25, 0.3) is 0 Å². The first-order valence-corrected chi connectivity index (χ1v) is 8.36. The Morgan fingerprint density at radius 3 is 2.88 bits per heavy atom. The molecule has 0 atom stereocenters. The molecule has 5 nitrogen and oxygen atoms in total. The summed E-state index contributed by atoms with van der Waals surface area (Å²) < 4.78 is 15.3. The highest BCUT2D eigenvalue weighted by Crippen LogP contribution is 2.20. The van der Waals surface area contributed by atoms with Gasteiger partial charge in [0.1, 0.15) is 11.6 Å². The maximum Gasteiger partial charge on any atom is 0.224 e. The summed E-state index contributed by atoms with van der Waals surface area (Å²) in [5, 5.41) is 4.15. The quantitative estimate of drug-likeness (QED) is 0.783. The van der Waals surface area contributed by atoms with Gasteiger partial charge in [-0.25, -0.2) is 9.37 Å². The van der Waals surface area contributed by atoms with Crippen molar-refractivity contribution in [1.82, 2.24) is 19.4 Å². The van der Waals surface area contributed by atoms with Crippen molar-refractivity contribution in [3.63, 3.8) is 0 Å². The molecular weight excluding hydrogens is 305 g/mol. The van der Waals surface area contributed by atoms with Crippen molar-refractivity contribution in [1.29, 1.82) is 0 Å². The van der Waals surface area contributed by atoms with E-state index in [-0.39, 0.29) is 5.82 Å². The third-order valence-electron chi connectivity index (χ3n) is 4.45. The molecule has 0 bridgehead atoms. The highest BCUT2D eigenvalue weighted by Gasteiger charge is 2.11. The van der Waals surface area contributed by atoms with Gasteiger partial charge in [0.05, 0.1) is 5.52 Å². The maximum absolute atomic E-state index is 13.3. The minimum atomic E-state index is -0.229. The van der Waals surface area contributed by atoms with Crippen LogP contribution >= 0.6 is 0 Å². The standard InChI is InChI=1S/C18H20FN5/c19-15-3-4-16-14(13-15)6-11-24(16)17-5-7-20-18(22-17)21-8-12-23-9-1-2-10-23/h3-7,11,13H,1-2,8-10,12H2,(H,20,21,22). The van der Waals surface area contributed by atoms with Crippen molar-refractivity contribution in [3.05, 3.63) is 48.5 Å². The number of anilines is 1. The molecular formula is C18H20FN5. The van der Waals surface area contributed by atoms with E-state index in [1.165, 1.54) is 38.1 Å². The maximum atomic E-state index is 13.3. The third-order valence-corrected chi connectivity index (χ3v) is 4.45. The van der Waals surface area contributed by atoms with Crippen molar-refractivity contribution >= 4 is 16.9 Å². The number of aromatic nitrogens is 3. The monoisotopic (exact) mass is 325 g/mol. The number of rotatable bonds is 5. The van der Waals surface area contributed by atoms with Crippen molar-refractivity contribution in [2.24, 2.45) is 0 Å². The van der Waals surface area contributed by atoms with E-state index in [9.17, 15) is 4.39 Å². The van der Waals surface area contributed by atoms with Gasteiger partial charge in [0.15, 0.2) is 0 Å². The van der Waals surface area contributed by atoms with E-state index in [1.807, 2.05) is 22.9 Å². The van der Waals surface area contributed by atoms with Gasteiger partial charge in [-0.3, -0.25) is 0 Å². The van der Waals surface area contributed by atoms with Crippen LogP contribution in [0.2, 0.25) is 0 Å². The summed E-state index contributed by atoms with van der Waals surface area (Å²) in [6, 6.07) is 8.51. The van der Waals surface area contributed by atoms with Gasteiger partial charge in [0.2, 0.25) is 5.95 Å². The summed E-state index contributed by atoms with van der Waals surface area (Å²) in [6.07, 6.45) is 6.25. The molecule has 0 aliphatic carbocycles. The Morgan fingerprint density at radius 2 is 2.00 bits per heavy atom. The van der Waals surface area contributed by atoms with Crippen molar-refractivity contribution in [2.45, 2.75) is 12.8 Å². The minimum Gasteiger partial charge on any atom is -0.353 e.